The minimum Gasteiger partial charge on any atom is -0.307 e. The molecule has 0 aliphatic rings. The van der Waals surface area contributed by atoms with Crippen LogP contribution in [0, 0.1) is 0 Å². The van der Waals surface area contributed by atoms with Crippen LogP contribution in [0.2, 0.25) is 0 Å². The molecular formula is C16H21NS. The minimum atomic E-state index is 0.387. The Morgan fingerprint density at radius 3 is 2.56 bits per heavy atom. The molecule has 0 fully saturated rings. The van der Waals surface area contributed by atoms with Crippen molar-refractivity contribution in [1.29, 1.82) is 0 Å². The van der Waals surface area contributed by atoms with Gasteiger partial charge in [0, 0.05) is 17.8 Å². The van der Waals surface area contributed by atoms with Crippen LogP contribution in [0.25, 0.3) is 10.8 Å². The fourth-order valence-corrected chi connectivity index (χ4v) is 3.04. The van der Waals surface area contributed by atoms with E-state index < -0.39 is 0 Å². The largest absolute Gasteiger partial charge is 0.307 e. The van der Waals surface area contributed by atoms with E-state index in [1.807, 2.05) is 11.8 Å². The maximum atomic E-state index is 3.67. The highest BCUT2D eigenvalue weighted by Crippen LogP contribution is 2.24. The molecule has 2 atom stereocenters. The maximum absolute atomic E-state index is 3.67. The van der Waals surface area contributed by atoms with Crippen molar-refractivity contribution < 1.29 is 0 Å². The van der Waals surface area contributed by atoms with Gasteiger partial charge in [0.1, 0.15) is 0 Å². The van der Waals surface area contributed by atoms with Crippen LogP contribution < -0.4 is 5.32 Å². The van der Waals surface area contributed by atoms with Crippen molar-refractivity contribution in [3.05, 3.63) is 48.0 Å². The zero-order valence-corrected chi connectivity index (χ0v) is 12.1. The summed E-state index contributed by atoms with van der Waals surface area (Å²) < 4.78 is 0. The lowest BCUT2D eigenvalue weighted by Crippen LogP contribution is -2.30. The molecular weight excluding hydrogens is 238 g/mol. The average molecular weight is 259 g/mol. The minimum absolute atomic E-state index is 0.387. The normalized spacial score (nSPS) is 14.6. The van der Waals surface area contributed by atoms with Crippen LogP contribution in [0.15, 0.2) is 42.5 Å². The van der Waals surface area contributed by atoms with Crippen LogP contribution in [-0.2, 0) is 0 Å². The summed E-state index contributed by atoms with van der Waals surface area (Å²) in [7, 11) is 0. The van der Waals surface area contributed by atoms with E-state index in [-0.39, 0.29) is 0 Å². The molecule has 0 radical (unpaired) electrons. The maximum Gasteiger partial charge on any atom is 0.0300 e. The monoisotopic (exact) mass is 259 g/mol. The van der Waals surface area contributed by atoms with E-state index in [2.05, 4.69) is 67.9 Å². The van der Waals surface area contributed by atoms with E-state index in [0.29, 0.717) is 12.1 Å². The van der Waals surface area contributed by atoms with E-state index in [4.69, 9.17) is 0 Å². The van der Waals surface area contributed by atoms with Crippen LogP contribution in [0.3, 0.4) is 0 Å². The van der Waals surface area contributed by atoms with E-state index >= 15 is 0 Å². The summed E-state index contributed by atoms with van der Waals surface area (Å²) in [5, 5.41) is 6.35. The Bertz CT molecular complexity index is 504. The number of fused-ring (bicyclic) bond motifs is 1. The molecule has 2 heteroatoms. The van der Waals surface area contributed by atoms with Crippen LogP contribution in [-0.4, -0.2) is 18.1 Å². The first kappa shape index (κ1) is 13.4. The summed E-state index contributed by atoms with van der Waals surface area (Å²) in [6.45, 7) is 4.50. The number of nitrogens with one attached hydrogen (secondary N) is 1. The molecule has 0 saturated carbocycles. The van der Waals surface area contributed by atoms with Crippen molar-refractivity contribution in [3.63, 3.8) is 0 Å². The average Bonchev–Trinajstić information content (AvgIpc) is 2.38. The Morgan fingerprint density at radius 1 is 1.06 bits per heavy atom. The van der Waals surface area contributed by atoms with E-state index in [9.17, 15) is 0 Å². The molecule has 1 nitrogen and oxygen atoms in total. The second-order valence-electron chi connectivity index (χ2n) is 4.81. The van der Waals surface area contributed by atoms with E-state index in [1.54, 1.807) is 0 Å². The number of hydrogen-bond acceptors (Lipinski definition) is 2. The summed E-state index contributed by atoms with van der Waals surface area (Å²) in [5.74, 6) is 1.15. The fraction of sp³-hybridized carbons (Fsp3) is 0.375. The van der Waals surface area contributed by atoms with E-state index in [1.165, 1.54) is 16.3 Å². The summed E-state index contributed by atoms with van der Waals surface area (Å²) in [6, 6.07) is 16.1. The Labute approximate surface area is 114 Å². The molecule has 0 aromatic heterocycles. The van der Waals surface area contributed by atoms with Crippen molar-refractivity contribution in [2.24, 2.45) is 0 Å². The Morgan fingerprint density at radius 2 is 1.78 bits per heavy atom. The van der Waals surface area contributed by atoms with Gasteiger partial charge in [-0.2, -0.15) is 11.8 Å². The van der Waals surface area contributed by atoms with Crippen molar-refractivity contribution in [1.82, 2.24) is 5.32 Å². The van der Waals surface area contributed by atoms with Gasteiger partial charge in [0.25, 0.3) is 0 Å². The predicted octanol–water partition coefficient (Wildman–Crippen LogP) is 4.24. The molecule has 0 heterocycles. The van der Waals surface area contributed by atoms with Crippen molar-refractivity contribution in [3.8, 4) is 0 Å². The number of rotatable bonds is 5. The fourth-order valence-electron chi connectivity index (χ4n) is 2.44. The lowest BCUT2D eigenvalue weighted by molar-refractivity contribution is 0.514. The number of hydrogen-bond donors (Lipinski definition) is 1. The van der Waals surface area contributed by atoms with Gasteiger partial charge < -0.3 is 5.32 Å². The van der Waals surface area contributed by atoms with Gasteiger partial charge in [0.2, 0.25) is 0 Å². The van der Waals surface area contributed by atoms with E-state index in [0.717, 1.165) is 5.75 Å². The standard InChI is InChI=1S/C16H21NS/c1-12(11-18-3)17-13(2)15-10-6-8-14-7-4-5-9-16(14)15/h4-10,12-13,17H,11H2,1-3H3. The van der Waals surface area contributed by atoms with Crippen molar-refractivity contribution in [2.75, 3.05) is 12.0 Å². The molecule has 2 rings (SSSR count). The topological polar surface area (TPSA) is 12.0 Å². The highest BCUT2D eigenvalue weighted by atomic mass is 32.2. The Hall–Kier alpha value is -0.990. The molecule has 0 aliphatic heterocycles. The van der Waals surface area contributed by atoms with Crippen LogP contribution >= 0.6 is 11.8 Å². The lowest BCUT2D eigenvalue weighted by atomic mass is 9.99. The molecule has 0 bridgehead atoms. The zero-order chi connectivity index (χ0) is 13.0. The first-order valence-corrected chi connectivity index (χ1v) is 7.84. The Kier molecular flexibility index (Phi) is 4.67. The van der Waals surface area contributed by atoms with Crippen molar-refractivity contribution >= 4 is 22.5 Å². The van der Waals surface area contributed by atoms with Gasteiger partial charge in [-0.05, 0) is 36.4 Å². The first-order valence-electron chi connectivity index (χ1n) is 6.45. The molecule has 2 aromatic carbocycles. The van der Waals surface area contributed by atoms with Gasteiger partial charge in [0.15, 0.2) is 0 Å². The second-order valence-corrected chi connectivity index (χ2v) is 5.72. The summed E-state index contributed by atoms with van der Waals surface area (Å²) >= 11 is 1.89. The lowest BCUT2D eigenvalue weighted by Gasteiger charge is -2.21. The third kappa shape index (κ3) is 3.06. The number of thioether (sulfide) groups is 1. The van der Waals surface area contributed by atoms with Crippen LogP contribution in [0.5, 0.6) is 0 Å². The summed E-state index contributed by atoms with van der Waals surface area (Å²) in [6.07, 6.45) is 2.15. The summed E-state index contributed by atoms with van der Waals surface area (Å²) in [5.41, 5.74) is 1.39. The van der Waals surface area contributed by atoms with Crippen LogP contribution in [0.1, 0.15) is 25.5 Å². The molecule has 1 N–H and O–H groups in total. The third-order valence-electron chi connectivity index (χ3n) is 3.24. The third-order valence-corrected chi connectivity index (χ3v) is 4.07. The van der Waals surface area contributed by atoms with Gasteiger partial charge in [-0.15, -0.1) is 0 Å². The van der Waals surface area contributed by atoms with Gasteiger partial charge in [-0.1, -0.05) is 42.5 Å². The van der Waals surface area contributed by atoms with Gasteiger partial charge in [0.05, 0.1) is 0 Å². The molecule has 96 valence electrons. The highest BCUT2D eigenvalue weighted by molar-refractivity contribution is 7.98. The predicted molar refractivity (Wildman–Crippen MR) is 83.3 cm³/mol. The molecule has 0 spiro atoms. The van der Waals surface area contributed by atoms with Gasteiger partial charge in [-0.3, -0.25) is 0 Å². The SMILES string of the molecule is CSCC(C)NC(C)c1cccc2ccccc12. The van der Waals surface area contributed by atoms with Crippen molar-refractivity contribution in [2.45, 2.75) is 25.9 Å². The first-order chi connectivity index (χ1) is 8.72. The Balaban J connectivity index is 2.24. The van der Waals surface area contributed by atoms with Crippen LogP contribution in [0.4, 0.5) is 0 Å². The smallest absolute Gasteiger partial charge is 0.0300 e. The molecule has 18 heavy (non-hydrogen) atoms. The second kappa shape index (κ2) is 6.26. The molecule has 2 unspecified atom stereocenters. The van der Waals surface area contributed by atoms with Gasteiger partial charge in [-0.25, -0.2) is 0 Å². The quantitative estimate of drug-likeness (QED) is 0.862. The molecule has 2 aromatic rings. The molecule has 0 aliphatic carbocycles. The summed E-state index contributed by atoms with van der Waals surface area (Å²) in [4.78, 5) is 0. The van der Waals surface area contributed by atoms with Gasteiger partial charge >= 0.3 is 0 Å². The highest BCUT2D eigenvalue weighted by Gasteiger charge is 2.11. The molecule has 0 amide bonds. The zero-order valence-electron chi connectivity index (χ0n) is 11.3. The molecule has 0 saturated heterocycles. The number of benzene rings is 2.